The Bertz CT molecular complexity index is 522. The number of aromatic nitrogens is 1. The molecule has 7 nitrogen and oxygen atoms in total. The number of nitrogens with one attached hydrogen (secondary N) is 1. The van der Waals surface area contributed by atoms with Gasteiger partial charge in [-0.2, -0.15) is 5.26 Å². The quantitative estimate of drug-likeness (QED) is 0.594. The second-order valence-electron chi connectivity index (χ2n) is 4.45. The number of aliphatic hydroxyl groups excluding tert-OH is 3. The molecule has 1 fully saturated rings. The summed E-state index contributed by atoms with van der Waals surface area (Å²) >= 11 is 5.85. The second kappa shape index (κ2) is 6.35. The van der Waals surface area contributed by atoms with Gasteiger partial charge in [0, 0.05) is 5.02 Å². The van der Waals surface area contributed by atoms with Crippen molar-refractivity contribution in [3.63, 3.8) is 0 Å². The van der Waals surface area contributed by atoms with Gasteiger partial charge >= 0.3 is 0 Å². The number of aliphatic hydroxyl groups is 3. The molecular weight excluding hydrogens is 286 g/mol. The van der Waals surface area contributed by atoms with Crippen LogP contribution in [0.2, 0.25) is 5.02 Å². The fourth-order valence-corrected chi connectivity index (χ4v) is 2.20. The van der Waals surface area contributed by atoms with Crippen LogP contribution < -0.4 is 5.32 Å². The maximum absolute atomic E-state index is 9.97. The molecule has 4 N–H and O–H groups in total. The number of hydrogen-bond acceptors (Lipinski definition) is 7. The van der Waals surface area contributed by atoms with E-state index in [-0.39, 0.29) is 18.9 Å². The molecule has 0 spiro atoms. The summed E-state index contributed by atoms with van der Waals surface area (Å²) in [5, 5.41) is 40.7. The lowest BCUT2D eigenvalue weighted by molar-refractivity contribution is -0.152. The van der Waals surface area contributed by atoms with Gasteiger partial charge in [0.25, 0.3) is 0 Å². The number of nitrogens with zero attached hydrogens (tertiary/aromatic N) is 2. The summed E-state index contributed by atoms with van der Waals surface area (Å²) in [4.78, 5) is 3.99. The molecule has 0 saturated carbocycles. The van der Waals surface area contributed by atoms with Crippen molar-refractivity contribution in [2.24, 2.45) is 0 Å². The SMILES string of the molecule is N#Cc1cc(Cl)cc(N[C@H]2CO[C@H](CO)[C@H](O)[C@@H]2O)n1. The Morgan fingerprint density at radius 1 is 1.45 bits per heavy atom. The summed E-state index contributed by atoms with van der Waals surface area (Å²) < 4.78 is 5.23. The number of pyridine rings is 1. The molecule has 20 heavy (non-hydrogen) atoms. The lowest BCUT2D eigenvalue weighted by atomic mass is 9.98. The normalized spacial score (nSPS) is 29.8. The van der Waals surface area contributed by atoms with E-state index < -0.39 is 24.4 Å². The Kier molecular flexibility index (Phi) is 4.75. The molecule has 0 bridgehead atoms. The van der Waals surface area contributed by atoms with Gasteiger partial charge in [-0.3, -0.25) is 0 Å². The zero-order chi connectivity index (χ0) is 14.7. The first kappa shape index (κ1) is 15.0. The lowest BCUT2D eigenvalue weighted by Crippen LogP contribution is -2.56. The van der Waals surface area contributed by atoms with Crippen molar-refractivity contribution < 1.29 is 20.1 Å². The predicted octanol–water partition coefficient (Wildman–Crippen LogP) is -0.500. The predicted molar refractivity (Wildman–Crippen MR) is 70.2 cm³/mol. The topological polar surface area (TPSA) is 119 Å². The highest BCUT2D eigenvalue weighted by molar-refractivity contribution is 6.30. The highest BCUT2D eigenvalue weighted by Gasteiger charge is 2.38. The number of nitriles is 1. The van der Waals surface area contributed by atoms with Gasteiger partial charge in [-0.1, -0.05) is 11.6 Å². The molecule has 1 aromatic rings. The summed E-state index contributed by atoms with van der Waals surface area (Å²) in [7, 11) is 0. The van der Waals surface area contributed by atoms with E-state index in [9.17, 15) is 10.2 Å². The Morgan fingerprint density at radius 3 is 2.85 bits per heavy atom. The van der Waals surface area contributed by atoms with E-state index in [1.54, 1.807) is 0 Å². The van der Waals surface area contributed by atoms with Crippen LogP contribution in [0.3, 0.4) is 0 Å². The van der Waals surface area contributed by atoms with Crippen LogP contribution in [-0.4, -0.2) is 57.9 Å². The zero-order valence-electron chi connectivity index (χ0n) is 10.4. The molecule has 1 aliphatic heterocycles. The molecule has 1 saturated heterocycles. The molecule has 0 radical (unpaired) electrons. The molecule has 0 unspecified atom stereocenters. The fourth-order valence-electron chi connectivity index (χ4n) is 1.99. The maximum atomic E-state index is 9.97. The van der Waals surface area contributed by atoms with Gasteiger partial charge in [0.05, 0.1) is 19.3 Å². The van der Waals surface area contributed by atoms with E-state index in [1.165, 1.54) is 12.1 Å². The summed E-state index contributed by atoms with van der Waals surface area (Å²) in [6, 6.07) is 4.16. The minimum absolute atomic E-state index is 0.0829. The molecule has 108 valence electrons. The molecular formula is C12H14ClN3O4. The molecule has 2 rings (SSSR count). The van der Waals surface area contributed by atoms with Crippen LogP contribution in [0.1, 0.15) is 5.69 Å². The van der Waals surface area contributed by atoms with Crippen LogP contribution >= 0.6 is 11.6 Å². The fraction of sp³-hybridized carbons (Fsp3) is 0.500. The molecule has 1 aliphatic rings. The molecule has 2 heterocycles. The van der Waals surface area contributed by atoms with Crippen molar-refractivity contribution >= 4 is 17.4 Å². The number of rotatable bonds is 3. The second-order valence-corrected chi connectivity index (χ2v) is 4.89. The average Bonchev–Trinajstić information content (AvgIpc) is 2.43. The van der Waals surface area contributed by atoms with Gasteiger partial charge in [-0.05, 0) is 12.1 Å². The largest absolute Gasteiger partial charge is 0.394 e. The average molecular weight is 300 g/mol. The number of anilines is 1. The van der Waals surface area contributed by atoms with Crippen LogP contribution in [-0.2, 0) is 4.74 Å². The van der Waals surface area contributed by atoms with Crippen LogP contribution in [0.4, 0.5) is 5.82 Å². The van der Waals surface area contributed by atoms with Crippen molar-refractivity contribution in [1.29, 1.82) is 5.26 Å². The third kappa shape index (κ3) is 3.17. The summed E-state index contributed by atoms with van der Waals surface area (Å²) in [6.07, 6.45) is -3.15. The van der Waals surface area contributed by atoms with Crippen LogP contribution in [0, 0.1) is 11.3 Å². The van der Waals surface area contributed by atoms with Crippen LogP contribution in [0.25, 0.3) is 0 Å². The first-order valence-corrected chi connectivity index (χ1v) is 6.35. The van der Waals surface area contributed by atoms with Gasteiger partial charge in [-0.25, -0.2) is 4.98 Å². The van der Waals surface area contributed by atoms with Gasteiger partial charge in [0.15, 0.2) is 0 Å². The molecule has 4 atom stereocenters. The van der Waals surface area contributed by atoms with E-state index in [0.717, 1.165) is 0 Å². The summed E-state index contributed by atoms with van der Waals surface area (Å²) in [5.74, 6) is 0.302. The monoisotopic (exact) mass is 299 g/mol. The standard InChI is InChI=1S/C12H14ClN3O4/c13-6-1-7(3-14)15-10(2-6)16-8-5-20-9(4-17)12(19)11(8)18/h1-2,8-9,11-12,17-19H,4-5H2,(H,15,16)/t8-,9+,11+,12-/m0/s1. The van der Waals surface area contributed by atoms with Gasteiger partial charge < -0.3 is 25.4 Å². The first-order valence-electron chi connectivity index (χ1n) is 5.98. The minimum atomic E-state index is -1.21. The van der Waals surface area contributed by atoms with Crippen molar-refractivity contribution in [2.45, 2.75) is 24.4 Å². The van der Waals surface area contributed by atoms with Crippen LogP contribution in [0.5, 0.6) is 0 Å². The van der Waals surface area contributed by atoms with Gasteiger partial charge in [0.1, 0.15) is 35.9 Å². The molecule has 0 amide bonds. The summed E-state index contributed by atoms with van der Waals surface area (Å²) in [5.41, 5.74) is 0.139. The lowest BCUT2D eigenvalue weighted by Gasteiger charge is -2.37. The highest BCUT2D eigenvalue weighted by Crippen LogP contribution is 2.21. The third-order valence-corrected chi connectivity index (χ3v) is 3.27. The third-order valence-electron chi connectivity index (χ3n) is 3.05. The van der Waals surface area contributed by atoms with Crippen molar-refractivity contribution in [2.75, 3.05) is 18.5 Å². The Labute approximate surface area is 120 Å². The minimum Gasteiger partial charge on any atom is -0.394 e. The van der Waals surface area contributed by atoms with E-state index in [4.69, 9.17) is 26.7 Å². The highest BCUT2D eigenvalue weighted by atomic mass is 35.5. The van der Waals surface area contributed by atoms with Crippen molar-refractivity contribution in [3.05, 3.63) is 22.8 Å². The molecule has 0 aromatic carbocycles. The number of hydrogen-bond donors (Lipinski definition) is 4. The number of ether oxygens (including phenoxy) is 1. The van der Waals surface area contributed by atoms with Crippen molar-refractivity contribution in [1.82, 2.24) is 4.98 Å². The van der Waals surface area contributed by atoms with Gasteiger partial charge in [0.2, 0.25) is 0 Å². The molecule has 8 heteroatoms. The maximum Gasteiger partial charge on any atom is 0.144 e. The van der Waals surface area contributed by atoms with Gasteiger partial charge in [-0.15, -0.1) is 0 Å². The van der Waals surface area contributed by atoms with E-state index >= 15 is 0 Å². The Balaban J connectivity index is 2.11. The smallest absolute Gasteiger partial charge is 0.144 e. The van der Waals surface area contributed by atoms with E-state index in [2.05, 4.69) is 10.3 Å². The van der Waals surface area contributed by atoms with E-state index in [1.807, 2.05) is 6.07 Å². The molecule has 1 aromatic heterocycles. The van der Waals surface area contributed by atoms with Crippen LogP contribution in [0.15, 0.2) is 12.1 Å². The Morgan fingerprint density at radius 2 is 2.20 bits per heavy atom. The summed E-state index contributed by atoms with van der Waals surface area (Å²) in [6.45, 7) is -0.293. The Hall–Kier alpha value is -1.43. The first-order chi connectivity index (χ1) is 9.55. The van der Waals surface area contributed by atoms with Crippen molar-refractivity contribution in [3.8, 4) is 6.07 Å². The zero-order valence-corrected chi connectivity index (χ0v) is 11.2. The number of halogens is 1. The molecule has 0 aliphatic carbocycles. The van der Waals surface area contributed by atoms with E-state index in [0.29, 0.717) is 10.8 Å².